The van der Waals surface area contributed by atoms with Crippen LogP contribution in [0.1, 0.15) is 6.42 Å². The SMILES string of the molecule is O=C(CO)C[C@@H](O[C@@H]1O[C@H](CO)[C@H](O)[C@H](O)[C@H]1O)[C@H](O)CO. The molecule has 1 saturated heterocycles. The first-order chi connectivity index (χ1) is 10.3. The van der Waals surface area contributed by atoms with Gasteiger partial charge in [0.1, 0.15) is 37.1 Å². The average molecular weight is 326 g/mol. The number of Topliss-reactive ketones (excluding diaryl/α,β-unsaturated/α-hetero) is 1. The van der Waals surface area contributed by atoms with Crippen molar-refractivity contribution in [2.45, 2.75) is 49.3 Å². The van der Waals surface area contributed by atoms with E-state index in [9.17, 15) is 25.2 Å². The third kappa shape index (κ3) is 4.65. The zero-order valence-electron chi connectivity index (χ0n) is 11.7. The van der Waals surface area contributed by atoms with Crippen LogP contribution in [0.2, 0.25) is 0 Å². The molecule has 1 aliphatic rings. The van der Waals surface area contributed by atoms with Crippen LogP contribution in [0.5, 0.6) is 0 Å². The van der Waals surface area contributed by atoms with E-state index in [2.05, 4.69) is 0 Å². The Morgan fingerprint density at radius 1 is 1.09 bits per heavy atom. The van der Waals surface area contributed by atoms with E-state index < -0.39 is 74.9 Å². The summed E-state index contributed by atoms with van der Waals surface area (Å²) in [6, 6.07) is 0. The number of carbonyl (C=O) groups is 1. The van der Waals surface area contributed by atoms with E-state index in [0.717, 1.165) is 0 Å². The molecule has 0 aromatic carbocycles. The van der Waals surface area contributed by atoms with Crippen LogP contribution in [0.3, 0.4) is 0 Å². The molecule has 1 heterocycles. The van der Waals surface area contributed by atoms with Crippen molar-refractivity contribution in [3.8, 4) is 0 Å². The molecule has 0 radical (unpaired) electrons. The lowest BCUT2D eigenvalue weighted by molar-refractivity contribution is -0.317. The van der Waals surface area contributed by atoms with Gasteiger partial charge in [0, 0.05) is 6.42 Å². The monoisotopic (exact) mass is 326 g/mol. The zero-order chi connectivity index (χ0) is 16.9. The quantitative estimate of drug-likeness (QED) is 0.230. The lowest BCUT2D eigenvalue weighted by Crippen LogP contribution is -2.60. The fraction of sp³-hybridized carbons (Fsp3) is 0.917. The van der Waals surface area contributed by atoms with E-state index in [1.165, 1.54) is 0 Å². The van der Waals surface area contributed by atoms with E-state index >= 15 is 0 Å². The molecule has 1 aliphatic heterocycles. The van der Waals surface area contributed by atoms with Crippen LogP contribution in [0.4, 0.5) is 0 Å². The average Bonchev–Trinajstić information content (AvgIpc) is 2.53. The predicted octanol–water partition coefficient (Wildman–Crippen LogP) is -4.52. The summed E-state index contributed by atoms with van der Waals surface area (Å²) in [6.07, 6.45) is -11.0. The van der Waals surface area contributed by atoms with E-state index in [-0.39, 0.29) is 0 Å². The van der Waals surface area contributed by atoms with Crippen LogP contribution in [-0.2, 0) is 14.3 Å². The molecular formula is C12H22O10. The third-order valence-electron chi connectivity index (χ3n) is 3.38. The molecule has 1 fully saturated rings. The molecule has 0 aromatic rings. The van der Waals surface area contributed by atoms with Crippen LogP contribution in [0, 0.1) is 0 Å². The van der Waals surface area contributed by atoms with Crippen molar-refractivity contribution in [1.82, 2.24) is 0 Å². The maximum atomic E-state index is 11.2. The summed E-state index contributed by atoms with van der Waals surface area (Å²) in [7, 11) is 0. The van der Waals surface area contributed by atoms with E-state index in [4.69, 9.17) is 24.8 Å². The van der Waals surface area contributed by atoms with E-state index in [0.29, 0.717) is 0 Å². The molecular weight excluding hydrogens is 304 g/mol. The molecule has 10 heteroatoms. The van der Waals surface area contributed by atoms with Crippen LogP contribution in [-0.4, -0.2) is 104 Å². The Bertz CT molecular complexity index is 349. The van der Waals surface area contributed by atoms with Crippen LogP contribution >= 0.6 is 0 Å². The molecule has 0 unspecified atom stereocenters. The molecule has 0 saturated carbocycles. The zero-order valence-corrected chi connectivity index (χ0v) is 11.7. The van der Waals surface area contributed by atoms with Gasteiger partial charge >= 0.3 is 0 Å². The second kappa shape index (κ2) is 8.82. The third-order valence-corrected chi connectivity index (χ3v) is 3.38. The molecule has 0 amide bonds. The maximum absolute atomic E-state index is 11.2. The number of hydrogen-bond acceptors (Lipinski definition) is 10. The Hall–Kier alpha value is -0.690. The van der Waals surface area contributed by atoms with Gasteiger partial charge in [-0.2, -0.15) is 0 Å². The molecule has 0 bridgehead atoms. The Labute approximate surface area is 126 Å². The van der Waals surface area contributed by atoms with Gasteiger partial charge in [-0.3, -0.25) is 4.79 Å². The van der Waals surface area contributed by atoms with Gasteiger partial charge in [0.2, 0.25) is 0 Å². The Morgan fingerprint density at radius 3 is 2.23 bits per heavy atom. The van der Waals surface area contributed by atoms with Crippen molar-refractivity contribution in [3.63, 3.8) is 0 Å². The maximum Gasteiger partial charge on any atom is 0.187 e. The molecule has 10 nitrogen and oxygen atoms in total. The highest BCUT2D eigenvalue weighted by Crippen LogP contribution is 2.24. The number of hydrogen-bond donors (Lipinski definition) is 7. The van der Waals surface area contributed by atoms with Gasteiger partial charge in [0.05, 0.1) is 19.3 Å². The summed E-state index contributed by atoms with van der Waals surface area (Å²) >= 11 is 0. The minimum Gasteiger partial charge on any atom is -0.394 e. The predicted molar refractivity (Wildman–Crippen MR) is 68.4 cm³/mol. The lowest BCUT2D eigenvalue weighted by atomic mass is 9.99. The first-order valence-electron chi connectivity index (χ1n) is 6.73. The Kier molecular flexibility index (Phi) is 7.76. The fourth-order valence-corrected chi connectivity index (χ4v) is 2.03. The fourth-order valence-electron chi connectivity index (χ4n) is 2.03. The topological polar surface area (TPSA) is 177 Å². The largest absolute Gasteiger partial charge is 0.394 e. The normalized spacial score (nSPS) is 35.1. The second-order valence-corrected chi connectivity index (χ2v) is 5.02. The molecule has 22 heavy (non-hydrogen) atoms. The van der Waals surface area contributed by atoms with Crippen LogP contribution in [0.25, 0.3) is 0 Å². The summed E-state index contributed by atoms with van der Waals surface area (Å²) in [6.45, 7) is -2.21. The molecule has 1 rings (SSSR count). The van der Waals surface area contributed by atoms with E-state index in [1.54, 1.807) is 0 Å². The summed E-state index contributed by atoms with van der Waals surface area (Å²) in [5.74, 6) is -0.679. The highest BCUT2D eigenvalue weighted by Gasteiger charge is 2.45. The molecule has 7 atom stereocenters. The minimum atomic E-state index is -1.70. The summed E-state index contributed by atoms with van der Waals surface area (Å²) in [5.41, 5.74) is 0. The van der Waals surface area contributed by atoms with Gasteiger partial charge in [-0.15, -0.1) is 0 Å². The van der Waals surface area contributed by atoms with Crippen molar-refractivity contribution in [2.75, 3.05) is 19.8 Å². The minimum absolute atomic E-state index is 0.465. The lowest BCUT2D eigenvalue weighted by Gasteiger charge is -2.41. The van der Waals surface area contributed by atoms with Gasteiger partial charge in [-0.25, -0.2) is 0 Å². The molecule has 0 aliphatic carbocycles. The number of aliphatic hydroxyl groups excluding tert-OH is 7. The van der Waals surface area contributed by atoms with Crippen molar-refractivity contribution < 1.29 is 50.0 Å². The molecule has 7 N–H and O–H groups in total. The number of rotatable bonds is 8. The smallest absolute Gasteiger partial charge is 0.187 e. The summed E-state index contributed by atoms with van der Waals surface area (Å²) in [4.78, 5) is 11.2. The highest BCUT2D eigenvalue weighted by atomic mass is 16.7. The van der Waals surface area contributed by atoms with Gasteiger partial charge in [0.15, 0.2) is 12.1 Å². The molecule has 130 valence electrons. The van der Waals surface area contributed by atoms with Crippen molar-refractivity contribution >= 4 is 5.78 Å². The molecule has 0 aromatic heterocycles. The summed E-state index contributed by atoms with van der Waals surface area (Å²) in [5, 5.41) is 65.4. The van der Waals surface area contributed by atoms with Gasteiger partial charge in [-0.1, -0.05) is 0 Å². The number of ketones is 1. The number of aliphatic hydroxyl groups is 7. The first kappa shape index (κ1) is 19.4. The van der Waals surface area contributed by atoms with Crippen LogP contribution in [0.15, 0.2) is 0 Å². The highest BCUT2D eigenvalue weighted by molar-refractivity contribution is 5.79. The van der Waals surface area contributed by atoms with E-state index in [1.807, 2.05) is 0 Å². The standard InChI is InChI=1S/C12H22O10/c13-2-5(16)1-7(6(17)3-14)21-12-11(20)10(19)9(18)8(4-15)22-12/h6-15,17-20H,1-4H2/t6-,7-,8-,9+,10+,11-,12-/m1/s1. The van der Waals surface area contributed by atoms with Gasteiger partial charge in [0.25, 0.3) is 0 Å². The summed E-state index contributed by atoms with van der Waals surface area (Å²) < 4.78 is 10.3. The first-order valence-corrected chi connectivity index (χ1v) is 6.73. The van der Waals surface area contributed by atoms with Gasteiger partial charge in [-0.05, 0) is 0 Å². The second-order valence-electron chi connectivity index (χ2n) is 5.02. The Balaban J connectivity index is 2.79. The van der Waals surface area contributed by atoms with Gasteiger partial charge < -0.3 is 45.2 Å². The van der Waals surface area contributed by atoms with Crippen LogP contribution < -0.4 is 0 Å². The van der Waals surface area contributed by atoms with Crippen molar-refractivity contribution in [3.05, 3.63) is 0 Å². The number of carbonyl (C=O) groups excluding carboxylic acids is 1. The van der Waals surface area contributed by atoms with Crippen molar-refractivity contribution in [2.24, 2.45) is 0 Å². The Morgan fingerprint density at radius 2 is 1.73 bits per heavy atom. The molecule has 0 spiro atoms. The number of ether oxygens (including phenoxy) is 2. The van der Waals surface area contributed by atoms with Crippen molar-refractivity contribution in [1.29, 1.82) is 0 Å².